The van der Waals surface area contributed by atoms with Crippen LogP contribution < -0.4 is 10.0 Å². The third-order valence-corrected chi connectivity index (χ3v) is 8.53. The fourth-order valence-electron chi connectivity index (χ4n) is 4.57. The highest BCUT2D eigenvalue weighted by molar-refractivity contribution is 9.10. The second kappa shape index (κ2) is 10.3. The molecule has 0 saturated carbocycles. The van der Waals surface area contributed by atoms with Crippen LogP contribution in [-0.4, -0.2) is 20.6 Å². The van der Waals surface area contributed by atoms with E-state index >= 15 is 0 Å². The van der Waals surface area contributed by atoms with E-state index in [0.29, 0.717) is 16.3 Å². The van der Waals surface area contributed by atoms with Crippen LogP contribution in [0.5, 0.6) is 0 Å². The van der Waals surface area contributed by atoms with E-state index in [2.05, 4.69) is 39.8 Å². The van der Waals surface area contributed by atoms with Crippen molar-refractivity contribution in [3.05, 3.63) is 93.0 Å². The van der Waals surface area contributed by atoms with Crippen LogP contribution in [0.4, 0.5) is 15.8 Å². The number of hydrogen-bond donors (Lipinski definition) is 2. The van der Waals surface area contributed by atoms with Crippen molar-refractivity contribution in [3.8, 4) is 0 Å². The number of carbonyl (C=O) groups excluding carboxylic acids is 1. The molecule has 36 heavy (non-hydrogen) atoms. The number of rotatable bonds is 8. The second-order valence-corrected chi connectivity index (χ2v) is 12.5. The largest absolute Gasteiger partial charge is 0.321 e. The highest BCUT2D eigenvalue weighted by Gasteiger charge is 2.31. The van der Waals surface area contributed by atoms with E-state index in [1.54, 1.807) is 24.3 Å². The number of hydrogen-bond acceptors (Lipinski definition) is 4. The highest BCUT2D eigenvalue weighted by Crippen LogP contribution is 2.41. The van der Waals surface area contributed by atoms with Crippen LogP contribution >= 0.6 is 27.3 Å². The van der Waals surface area contributed by atoms with Crippen molar-refractivity contribution in [2.75, 3.05) is 16.3 Å². The van der Waals surface area contributed by atoms with Crippen LogP contribution in [0, 0.1) is 5.82 Å². The fourth-order valence-corrected chi connectivity index (χ4v) is 6.55. The number of halogens is 2. The minimum absolute atomic E-state index is 0.252. The molecule has 2 N–H and O–H groups in total. The van der Waals surface area contributed by atoms with Gasteiger partial charge in [-0.3, -0.25) is 9.52 Å². The van der Waals surface area contributed by atoms with E-state index < -0.39 is 10.0 Å². The molecule has 5 nitrogen and oxygen atoms in total. The summed E-state index contributed by atoms with van der Waals surface area (Å²) >= 11 is 4.93. The Balaban J connectivity index is 1.65. The van der Waals surface area contributed by atoms with E-state index in [9.17, 15) is 17.6 Å². The Morgan fingerprint density at radius 1 is 0.944 bits per heavy atom. The van der Waals surface area contributed by atoms with Gasteiger partial charge in [0.25, 0.3) is 5.91 Å². The monoisotopic (exact) mass is 588 g/mol. The van der Waals surface area contributed by atoms with Gasteiger partial charge in [-0.15, -0.1) is 11.3 Å². The van der Waals surface area contributed by atoms with Gasteiger partial charge in [0, 0.05) is 26.0 Å². The molecule has 0 aliphatic heterocycles. The molecular weight excluding hydrogens is 563 g/mol. The Labute approximate surface area is 222 Å². The van der Waals surface area contributed by atoms with E-state index in [0.717, 1.165) is 44.8 Å². The summed E-state index contributed by atoms with van der Waals surface area (Å²) in [6, 6.07) is 19.4. The first-order valence-electron chi connectivity index (χ1n) is 11.4. The summed E-state index contributed by atoms with van der Waals surface area (Å²) in [7, 11) is -3.39. The predicted octanol–water partition coefficient (Wildman–Crippen LogP) is 7.53. The summed E-state index contributed by atoms with van der Waals surface area (Å²) in [5, 5.41) is 3.78. The molecule has 9 heteroatoms. The number of amides is 1. The molecule has 0 aliphatic rings. The first kappa shape index (κ1) is 26.3. The van der Waals surface area contributed by atoms with Crippen molar-refractivity contribution in [2.45, 2.75) is 32.1 Å². The van der Waals surface area contributed by atoms with Crippen LogP contribution in [0.2, 0.25) is 0 Å². The highest BCUT2D eigenvalue weighted by atomic mass is 79.9. The smallest absolute Gasteiger partial charge is 0.265 e. The third-order valence-electron chi connectivity index (χ3n) is 6.36. The molecule has 0 aliphatic carbocycles. The zero-order valence-electron chi connectivity index (χ0n) is 20.1. The van der Waals surface area contributed by atoms with Crippen molar-refractivity contribution in [1.82, 2.24) is 0 Å². The van der Waals surface area contributed by atoms with Gasteiger partial charge >= 0.3 is 0 Å². The van der Waals surface area contributed by atoms with Gasteiger partial charge in [0.2, 0.25) is 10.0 Å². The summed E-state index contributed by atoms with van der Waals surface area (Å²) in [5.41, 5.74) is 2.80. The molecule has 0 radical (unpaired) electrons. The SMILES string of the molecule is CCC(CC)(c1ccc(F)cc1)c1cc(Br)cc(NC(=O)c2cc3cc(NS(C)(=O)=O)ccc3s2)c1. The number of sulfonamides is 1. The summed E-state index contributed by atoms with van der Waals surface area (Å²) in [6.07, 6.45) is 2.70. The summed E-state index contributed by atoms with van der Waals surface area (Å²) in [4.78, 5) is 13.7. The molecule has 4 rings (SSSR count). The van der Waals surface area contributed by atoms with Gasteiger partial charge in [0.15, 0.2) is 0 Å². The molecule has 1 amide bonds. The van der Waals surface area contributed by atoms with Crippen LogP contribution in [-0.2, 0) is 15.4 Å². The Morgan fingerprint density at radius 2 is 1.64 bits per heavy atom. The van der Waals surface area contributed by atoms with Crippen molar-refractivity contribution in [3.63, 3.8) is 0 Å². The molecular formula is C27H26BrFN2O3S2. The number of anilines is 2. The lowest BCUT2D eigenvalue weighted by Crippen LogP contribution is -2.26. The quantitative estimate of drug-likeness (QED) is 0.223. The zero-order valence-corrected chi connectivity index (χ0v) is 23.3. The third kappa shape index (κ3) is 5.63. The average molecular weight is 590 g/mol. The normalized spacial score (nSPS) is 12.0. The van der Waals surface area contributed by atoms with Crippen molar-refractivity contribution < 1.29 is 17.6 Å². The Morgan fingerprint density at radius 3 is 2.28 bits per heavy atom. The number of nitrogens with one attached hydrogen (secondary N) is 2. The van der Waals surface area contributed by atoms with Crippen molar-refractivity contribution in [1.29, 1.82) is 0 Å². The maximum atomic E-state index is 13.6. The van der Waals surface area contributed by atoms with Crippen LogP contribution in [0.25, 0.3) is 10.1 Å². The number of benzene rings is 3. The first-order chi connectivity index (χ1) is 17.0. The number of carbonyl (C=O) groups is 1. The van der Waals surface area contributed by atoms with Gasteiger partial charge in [-0.2, -0.15) is 0 Å². The molecule has 1 heterocycles. The molecule has 0 atom stereocenters. The van der Waals surface area contributed by atoms with Crippen LogP contribution in [0.15, 0.2) is 71.2 Å². The molecule has 4 aromatic rings. The molecule has 1 aromatic heterocycles. The number of fused-ring (bicyclic) bond motifs is 1. The first-order valence-corrected chi connectivity index (χ1v) is 14.9. The van der Waals surface area contributed by atoms with E-state index in [-0.39, 0.29) is 17.1 Å². The minimum atomic E-state index is -3.39. The van der Waals surface area contributed by atoms with Gasteiger partial charge < -0.3 is 5.32 Å². The van der Waals surface area contributed by atoms with Gasteiger partial charge in [0.1, 0.15) is 5.82 Å². The van der Waals surface area contributed by atoms with Gasteiger partial charge in [-0.05, 0) is 84.0 Å². The lowest BCUT2D eigenvalue weighted by atomic mass is 9.70. The standard InChI is InChI=1S/C27H26BrFN2O3S2/c1-4-27(5-2,18-6-8-21(29)9-7-18)19-14-20(28)16-23(15-19)30-26(32)25-13-17-12-22(31-36(3,33)34)10-11-24(17)35-25/h6-16,31H,4-5H2,1-3H3,(H,30,32). The topological polar surface area (TPSA) is 75.3 Å². The summed E-state index contributed by atoms with van der Waals surface area (Å²) in [6.45, 7) is 4.21. The van der Waals surface area contributed by atoms with Crippen molar-refractivity contribution >= 4 is 64.7 Å². The molecule has 0 bridgehead atoms. The van der Waals surface area contributed by atoms with Crippen molar-refractivity contribution in [2.24, 2.45) is 0 Å². The molecule has 0 fully saturated rings. The summed E-state index contributed by atoms with van der Waals surface area (Å²) in [5.74, 6) is -0.525. The lowest BCUT2D eigenvalue weighted by molar-refractivity contribution is 0.103. The molecule has 0 spiro atoms. The van der Waals surface area contributed by atoms with Gasteiger partial charge in [-0.1, -0.05) is 41.9 Å². The van der Waals surface area contributed by atoms with Gasteiger partial charge in [-0.25, -0.2) is 12.8 Å². The van der Waals surface area contributed by atoms with E-state index in [4.69, 9.17) is 0 Å². The summed E-state index contributed by atoms with van der Waals surface area (Å²) < 4.78 is 40.8. The minimum Gasteiger partial charge on any atom is -0.321 e. The van der Waals surface area contributed by atoms with E-state index in [1.165, 1.54) is 23.5 Å². The lowest BCUT2D eigenvalue weighted by Gasteiger charge is -2.34. The fraction of sp³-hybridized carbons (Fsp3) is 0.222. The maximum Gasteiger partial charge on any atom is 0.265 e. The predicted molar refractivity (Wildman–Crippen MR) is 150 cm³/mol. The van der Waals surface area contributed by atoms with Crippen LogP contribution in [0.1, 0.15) is 47.5 Å². The zero-order chi connectivity index (χ0) is 26.1. The average Bonchev–Trinajstić information content (AvgIpc) is 3.24. The number of thiophene rings is 1. The van der Waals surface area contributed by atoms with E-state index in [1.807, 2.05) is 30.3 Å². The maximum absolute atomic E-state index is 13.6. The molecule has 188 valence electrons. The molecule has 0 unspecified atom stereocenters. The second-order valence-electron chi connectivity index (χ2n) is 8.72. The Hall–Kier alpha value is -2.75. The Kier molecular flexibility index (Phi) is 7.54. The Bertz CT molecular complexity index is 1530. The molecule has 0 saturated heterocycles. The van der Waals surface area contributed by atoms with Gasteiger partial charge in [0.05, 0.1) is 11.1 Å². The molecule has 3 aromatic carbocycles. The van der Waals surface area contributed by atoms with Crippen LogP contribution in [0.3, 0.4) is 0 Å².